The Hall–Kier alpha value is 1.26. The Labute approximate surface area is 76.3 Å². The fourth-order valence-corrected chi connectivity index (χ4v) is 1.04. The first-order chi connectivity index (χ1) is 3.06. The van der Waals surface area contributed by atoms with Crippen LogP contribution >= 0.6 is 12.6 Å². The van der Waals surface area contributed by atoms with Gasteiger partial charge in [-0.25, -0.2) is 0 Å². The predicted octanol–water partition coefficient (Wildman–Crippen LogP) is -0.577. The first-order valence-corrected chi connectivity index (χ1v) is 3.86. The summed E-state index contributed by atoms with van der Waals surface area (Å²) in [6.45, 7) is 0. The third-order valence-electron chi connectivity index (χ3n) is 0.349. The van der Waals surface area contributed by atoms with Gasteiger partial charge in [0.2, 0.25) is 0 Å². The van der Waals surface area contributed by atoms with Crippen molar-refractivity contribution in [2.75, 3.05) is 11.5 Å². The first kappa shape index (κ1) is 12.0. The molecule has 0 aromatic rings. The summed E-state index contributed by atoms with van der Waals surface area (Å²) in [5.74, 6) is -0.102. The average Bonchev–Trinajstić information content (AvgIpc) is 1.30. The van der Waals surface area contributed by atoms with Crippen LogP contribution in [0.25, 0.3) is 0 Å². The summed E-state index contributed by atoms with van der Waals surface area (Å²) in [5.41, 5.74) is 0. The summed E-state index contributed by atoms with van der Waals surface area (Å²) >= 11 is 3.57. The fraction of sp³-hybridized carbons (Fsp3) is 1.00. The molecule has 0 atom stereocenters. The van der Waals surface area contributed by atoms with Crippen molar-refractivity contribution in [2.24, 2.45) is 0 Å². The van der Waals surface area contributed by atoms with E-state index in [1.54, 1.807) is 0 Å². The van der Waals surface area contributed by atoms with E-state index in [-0.39, 0.29) is 41.1 Å². The monoisotopic (exact) mass is 165 g/mol. The van der Waals surface area contributed by atoms with Crippen molar-refractivity contribution in [2.45, 2.75) is 0 Å². The molecule has 0 saturated heterocycles. The second-order valence-electron chi connectivity index (χ2n) is 1.01. The van der Waals surface area contributed by atoms with Gasteiger partial charge in [0.25, 0.3) is 10.1 Å². The Morgan fingerprint density at radius 3 is 1.88 bits per heavy atom. The molecule has 0 aromatic heterocycles. The Bertz CT molecular complexity index is 128. The van der Waals surface area contributed by atoms with Crippen LogP contribution in [0, 0.1) is 0 Å². The van der Waals surface area contributed by atoms with Gasteiger partial charge in [0.05, 0.1) is 5.75 Å². The SMILES string of the molecule is O=S(=O)(O)CCS.[Na]. The van der Waals surface area contributed by atoms with Crippen LogP contribution in [0.3, 0.4) is 0 Å². The molecular formula is C2H6NaO3S2. The zero-order valence-corrected chi connectivity index (χ0v) is 8.24. The summed E-state index contributed by atoms with van der Waals surface area (Å²) in [4.78, 5) is 0. The van der Waals surface area contributed by atoms with Gasteiger partial charge in [0.15, 0.2) is 0 Å². The van der Waals surface area contributed by atoms with Crippen molar-refractivity contribution in [1.82, 2.24) is 0 Å². The first-order valence-electron chi connectivity index (χ1n) is 1.62. The van der Waals surface area contributed by atoms with Crippen molar-refractivity contribution in [3.63, 3.8) is 0 Å². The van der Waals surface area contributed by atoms with Crippen LogP contribution in [-0.4, -0.2) is 54.0 Å². The number of rotatable bonds is 2. The van der Waals surface area contributed by atoms with Crippen molar-refractivity contribution in [3.8, 4) is 0 Å². The predicted molar refractivity (Wildman–Crippen MR) is 36.0 cm³/mol. The second-order valence-corrected chi connectivity index (χ2v) is 3.03. The summed E-state index contributed by atoms with van der Waals surface area (Å²) in [6.07, 6.45) is 0. The summed E-state index contributed by atoms with van der Waals surface area (Å²) < 4.78 is 27.4. The molecule has 1 N–H and O–H groups in total. The largest absolute Gasteiger partial charge is 0.286 e. The van der Waals surface area contributed by atoms with Crippen LogP contribution in [0.2, 0.25) is 0 Å². The number of hydrogen-bond donors (Lipinski definition) is 2. The number of thiol groups is 1. The molecule has 0 unspecified atom stereocenters. The molecule has 0 saturated carbocycles. The Kier molecular flexibility index (Phi) is 7.61. The minimum atomic E-state index is -3.75. The van der Waals surface area contributed by atoms with Crippen LogP contribution in [0.4, 0.5) is 0 Å². The van der Waals surface area contributed by atoms with E-state index in [4.69, 9.17) is 4.55 Å². The van der Waals surface area contributed by atoms with Gasteiger partial charge in [-0.15, -0.1) is 0 Å². The molecule has 0 rings (SSSR count). The molecule has 0 amide bonds. The minimum Gasteiger partial charge on any atom is -0.286 e. The zero-order valence-electron chi connectivity index (χ0n) is 4.53. The standard InChI is InChI=1S/C2H6O3S2.Na/c3-7(4,5)2-1-6;/h6H,1-2H2,(H,3,4,5);. The van der Waals surface area contributed by atoms with E-state index >= 15 is 0 Å². The molecular weight excluding hydrogens is 159 g/mol. The molecule has 0 heterocycles. The van der Waals surface area contributed by atoms with Crippen LogP contribution in [0.15, 0.2) is 0 Å². The van der Waals surface area contributed by atoms with Crippen LogP contribution < -0.4 is 0 Å². The van der Waals surface area contributed by atoms with Gasteiger partial charge in [-0.1, -0.05) is 0 Å². The van der Waals surface area contributed by atoms with E-state index in [2.05, 4.69) is 12.6 Å². The van der Waals surface area contributed by atoms with Gasteiger partial charge in [0, 0.05) is 35.3 Å². The summed E-state index contributed by atoms with van der Waals surface area (Å²) in [5, 5.41) is 0. The third kappa shape index (κ3) is 10.3. The van der Waals surface area contributed by atoms with E-state index in [0.29, 0.717) is 0 Å². The van der Waals surface area contributed by atoms with Crippen molar-refractivity contribution < 1.29 is 13.0 Å². The molecule has 6 heteroatoms. The van der Waals surface area contributed by atoms with E-state index in [9.17, 15) is 8.42 Å². The maximum atomic E-state index is 9.74. The summed E-state index contributed by atoms with van der Waals surface area (Å²) in [7, 11) is -3.75. The Balaban J connectivity index is 0. The molecule has 0 aliphatic rings. The van der Waals surface area contributed by atoms with Gasteiger partial charge in [-0.05, 0) is 0 Å². The van der Waals surface area contributed by atoms with E-state index in [0.717, 1.165) is 0 Å². The van der Waals surface area contributed by atoms with Crippen molar-refractivity contribution >= 4 is 52.3 Å². The third-order valence-corrected chi connectivity index (χ3v) is 1.60. The Morgan fingerprint density at radius 2 is 1.88 bits per heavy atom. The molecule has 8 heavy (non-hydrogen) atoms. The van der Waals surface area contributed by atoms with E-state index < -0.39 is 10.1 Å². The second kappa shape index (κ2) is 5.08. The molecule has 0 aliphatic carbocycles. The topological polar surface area (TPSA) is 54.4 Å². The molecule has 0 aliphatic heterocycles. The molecule has 0 bridgehead atoms. The fourth-order valence-electron chi connectivity index (χ4n) is 0.115. The van der Waals surface area contributed by atoms with Crippen molar-refractivity contribution in [1.29, 1.82) is 0 Å². The van der Waals surface area contributed by atoms with E-state index in [1.807, 2.05) is 0 Å². The molecule has 0 fully saturated rings. The van der Waals surface area contributed by atoms with Crippen molar-refractivity contribution in [3.05, 3.63) is 0 Å². The maximum absolute atomic E-state index is 9.74. The molecule has 45 valence electrons. The smallest absolute Gasteiger partial charge is 0.265 e. The van der Waals surface area contributed by atoms with Crippen LogP contribution in [0.1, 0.15) is 0 Å². The quantitative estimate of drug-likeness (QED) is 0.327. The molecule has 0 spiro atoms. The minimum absolute atomic E-state index is 0. The normalized spacial score (nSPS) is 10.2. The van der Waals surface area contributed by atoms with Crippen LogP contribution in [-0.2, 0) is 10.1 Å². The van der Waals surface area contributed by atoms with Gasteiger partial charge in [0.1, 0.15) is 0 Å². The van der Waals surface area contributed by atoms with Gasteiger partial charge in [-0.3, -0.25) is 4.55 Å². The molecule has 3 nitrogen and oxygen atoms in total. The number of hydrogen-bond acceptors (Lipinski definition) is 3. The van der Waals surface area contributed by atoms with Gasteiger partial charge < -0.3 is 0 Å². The molecule has 0 aromatic carbocycles. The zero-order chi connectivity index (χ0) is 5.91. The maximum Gasteiger partial charge on any atom is 0.265 e. The Morgan fingerprint density at radius 1 is 1.50 bits per heavy atom. The van der Waals surface area contributed by atoms with Gasteiger partial charge >= 0.3 is 0 Å². The molecule has 1 radical (unpaired) electrons. The average molecular weight is 165 g/mol. The van der Waals surface area contributed by atoms with E-state index in [1.165, 1.54) is 0 Å². The summed E-state index contributed by atoms with van der Waals surface area (Å²) in [6, 6.07) is 0. The van der Waals surface area contributed by atoms with Gasteiger partial charge in [-0.2, -0.15) is 21.0 Å². The van der Waals surface area contributed by atoms with Crippen LogP contribution in [0.5, 0.6) is 0 Å².